The first-order chi connectivity index (χ1) is 23.2. The molecule has 0 radical (unpaired) electrons. The molecule has 0 fully saturated rings. The van der Waals surface area contributed by atoms with Gasteiger partial charge >= 0.3 is 0 Å². The first-order valence-electron chi connectivity index (χ1n) is 19.4. The number of amides is 1. The molecule has 0 aromatic rings. The molecule has 1 amide bonds. The van der Waals surface area contributed by atoms with E-state index in [1.54, 1.807) is 6.08 Å². The van der Waals surface area contributed by atoms with E-state index in [-0.39, 0.29) is 6.42 Å². The molecule has 0 aromatic heterocycles. The Kier molecular flexibility index (Phi) is 32.5. The van der Waals surface area contributed by atoms with Crippen LogP contribution in [-0.2, 0) is 14.9 Å². The second-order valence-corrected chi connectivity index (χ2v) is 14.8. The zero-order valence-electron chi connectivity index (χ0n) is 30.7. The summed E-state index contributed by atoms with van der Waals surface area (Å²) in [6.45, 7) is 4.46. The van der Waals surface area contributed by atoms with Crippen molar-refractivity contribution in [2.75, 3.05) is 5.75 Å². The van der Waals surface area contributed by atoms with Crippen molar-refractivity contribution in [1.29, 1.82) is 0 Å². The molecule has 0 spiro atoms. The zero-order valence-corrected chi connectivity index (χ0v) is 31.5. The minimum Gasteiger partial charge on any atom is -0.387 e. The number of aliphatic hydroxyl groups excluding tert-OH is 2. The largest absolute Gasteiger partial charge is 0.387 e. The van der Waals surface area contributed by atoms with Gasteiger partial charge in [-0.1, -0.05) is 152 Å². The predicted molar refractivity (Wildman–Crippen MR) is 204 cm³/mol. The van der Waals surface area contributed by atoms with Crippen LogP contribution in [-0.4, -0.2) is 53.1 Å². The maximum atomic E-state index is 12.5. The van der Waals surface area contributed by atoms with Crippen molar-refractivity contribution in [3.8, 4) is 0 Å². The lowest BCUT2D eigenvalue weighted by Gasteiger charge is -2.22. The van der Waals surface area contributed by atoms with E-state index in [2.05, 4.69) is 55.6 Å². The summed E-state index contributed by atoms with van der Waals surface area (Å²) in [5.41, 5.74) is 0. The lowest BCUT2D eigenvalue weighted by Crippen LogP contribution is -2.50. The number of carbonyl (C=O) groups excluding carboxylic acids is 1. The lowest BCUT2D eigenvalue weighted by molar-refractivity contribution is -0.130. The van der Waals surface area contributed by atoms with E-state index in [0.717, 1.165) is 57.8 Å². The predicted octanol–water partition coefficient (Wildman–Crippen LogP) is 10.1. The molecule has 3 atom stereocenters. The van der Waals surface area contributed by atoms with E-state index in [9.17, 15) is 28.0 Å². The number of hydrogen-bond donors (Lipinski definition) is 4. The molecule has 0 saturated heterocycles. The Hall–Kier alpha value is -1.74. The van der Waals surface area contributed by atoms with E-state index in [1.807, 2.05) is 0 Å². The second kappa shape index (κ2) is 33.7. The van der Waals surface area contributed by atoms with Crippen LogP contribution in [0.15, 0.2) is 48.6 Å². The number of nitrogens with one attached hydrogen (secondary N) is 1. The summed E-state index contributed by atoms with van der Waals surface area (Å²) in [6.07, 6.45) is 41.7. The highest BCUT2D eigenvalue weighted by Gasteiger charge is 2.27. The molecule has 3 unspecified atom stereocenters. The van der Waals surface area contributed by atoms with Crippen molar-refractivity contribution in [3.05, 3.63) is 48.6 Å². The monoisotopic (exact) mass is 696 g/mol. The Balaban J connectivity index is 4.16. The molecule has 4 N–H and O–H groups in total. The van der Waals surface area contributed by atoms with Gasteiger partial charge in [-0.25, -0.2) is 0 Å². The second-order valence-electron chi connectivity index (χ2n) is 13.3. The molecular formula is C40H73NO6S. The van der Waals surface area contributed by atoms with E-state index in [0.29, 0.717) is 12.8 Å². The Labute approximate surface area is 295 Å². The van der Waals surface area contributed by atoms with Gasteiger partial charge in [0.05, 0.1) is 17.9 Å². The molecule has 0 aromatic carbocycles. The van der Waals surface area contributed by atoms with Gasteiger partial charge in [-0.2, -0.15) is 8.42 Å². The summed E-state index contributed by atoms with van der Waals surface area (Å²) in [4.78, 5) is 12.5. The topological polar surface area (TPSA) is 124 Å². The third-order valence-electron chi connectivity index (χ3n) is 8.56. The van der Waals surface area contributed by atoms with Gasteiger partial charge in [0.25, 0.3) is 10.1 Å². The van der Waals surface area contributed by atoms with Crippen molar-refractivity contribution in [1.82, 2.24) is 5.32 Å². The van der Waals surface area contributed by atoms with Crippen LogP contribution >= 0.6 is 0 Å². The van der Waals surface area contributed by atoms with Crippen LogP contribution in [0.3, 0.4) is 0 Å². The minimum atomic E-state index is -4.46. The van der Waals surface area contributed by atoms with E-state index in [4.69, 9.17) is 0 Å². The quantitative estimate of drug-likeness (QED) is 0.0302. The smallest absolute Gasteiger partial charge is 0.267 e. The fourth-order valence-electron chi connectivity index (χ4n) is 5.54. The molecule has 8 heteroatoms. The van der Waals surface area contributed by atoms with E-state index >= 15 is 0 Å². The molecule has 0 aliphatic heterocycles. The Morgan fingerprint density at radius 1 is 0.562 bits per heavy atom. The van der Waals surface area contributed by atoms with Crippen LogP contribution in [0.4, 0.5) is 0 Å². The highest BCUT2D eigenvalue weighted by atomic mass is 32.2. The van der Waals surface area contributed by atoms with Crippen LogP contribution in [0.2, 0.25) is 0 Å². The first-order valence-corrected chi connectivity index (χ1v) is 21.1. The Bertz CT molecular complexity index is 959. The Morgan fingerprint density at radius 2 is 0.938 bits per heavy atom. The Morgan fingerprint density at radius 3 is 1.42 bits per heavy atom. The van der Waals surface area contributed by atoms with Gasteiger partial charge in [0.1, 0.15) is 6.10 Å². The van der Waals surface area contributed by atoms with Crippen molar-refractivity contribution in [3.63, 3.8) is 0 Å². The average Bonchev–Trinajstić information content (AvgIpc) is 3.05. The van der Waals surface area contributed by atoms with Crippen LogP contribution in [0.25, 0.3) is 0 Å². The van der Waals surface area contributed by atoms with Crippen LogP contribution in [0.1, 0.15) is 174 Å². The molecule has 48 heavy (non-hydrogen) atoms. The molecule has 0 aliphatic rings. The fraction of sp³-hybridized carbons (Fsp3) is 0.775. The van der Waals surface area contributed by atoms with Crippen molar-refractivity contribution in [2.45, 2.75) is 193 Å². The van der Waals surface area contributed by atoms with E-state index in [1.165, 1.54) is 89.5 Å². The van der Waals surface area contributed by atoms with Gasteiger partial charge in [-0.15, -0.1) is 0 Å². The lowest BCUT2D eigenvalue weighted by atomic mass is 10.1. The van der Waals surface area contributed by atoms with Crippen molar-refractivity contribution >= 4 is 16.0 Å². The first kappa shape index (κ1) is 46.3. The zero-order chi connectivity index (χ0) is 35.6. The molecular weight excluding hydrogens is 623 g/mol. The van der Waals surface area contributed by atoms with Crippen LogP contribution in [0, 0.1) is 0 Å². The number of hydrogen-bond acceptors (Lipinski definition) is 5. The van der Waals surface area contributed by atoms with Gasteiger partial charge in [-0.3, -0.25) is 9.35 Å². The number of rotatable bonds is 34. The molecule has 0 rings (SSSR count). The fourth-order valence-corrected chi connectivity index (χ4v) is 6.27. The normalized spacial score (nSPS) is 14.5. The van der Waals surface area contributed by atoms with Crippen molar-refractivity contribution < 1.29 is 28.0 Å². The summed E-state index contributed by atoms with van der Waals surface area (Å²) in [7, 11) is -4.46. The summed E-state index contributed by atoms with van der Waals surface area (Å²) < 4.78 is 32.4. The molecule has 7 nitrogen and oxygen atoms in total. The summed E-state index contributed by atoms with van der Waals surface area (Å²) in [5.74, 6) is -1.58. The standard InChI is InChI=1S/C40H73NO6S/c1-3-5-7-9-11-13-15-16-17-18-19-20-21-22-23-25-26-28-30-32-34-38(42)37(36-48(45,46)47)41-40(44)39(43)35-33-31-29-27-24-14-12-10-8-6-4-2/h12,14,20-21,25-26,32,34,37-39,42-43H,3-11,13,15-19,22-24,27-31,33,35-36H2,1-2H3,(H,41,44)(H,45,46,47)/b14-12-,21-20+,26-25+,34-32+. The summed E-state index contributed by atoms with van der Waals surface area (Å²) in [5, 5.41) is 23.3. The SMILES string of the molecule is CCCCC/C=C\CCCCCCC(O)C(=O)NC(CS(=O)(=O)O)C(O)/C=C/CC/C=C/CC/C=C/CCCCCCCCCCCC. The molecule has 0 bridgehead atoms. The molecule has 0 aliphatic carbocycles. The van der Waals surface area contributed by atoms with E-state index < -0.39 is 40.0 Å². The van der Waals surface area contributed by atoms with Gasteiger partial charge < -0.3 is 15.5 Å². The molecule has 280 valence electrons. The highest BCUT2D eigenvalue weighted by Crippen LogP contribution is 2.13. The van der Waals surface area contributed by atoms with Crippen molar-refractivity contribution in [2.24, 2.45) is 0 Å². The molecule has 0 saturated carbocycles. The number of allylic oxidation sites excluding steroid dienone is 7. The maximum Gasteiger partial charge on any atom is 0.267 e. The van der Waals surface area contributed by atoms with Crippen LogP contribution in [0.5, 0.6) is 0 Å². The van der Waals surface area contributed by atoms with Crippen LogP contribution < -0.4 is 5.32 Å². The third-order valence-corrected chi connectivity index (χ3v) is 9.34. The average molecular weight is 696 g/mol. The third kappa shape index (κ3) is 32.8. The van der Waals surface area contributed by atoms with Gasteiger partial charge in [0, 0.05) is 0 Å². The highest BCUT2D eigenvalue weighted by molar-refractivity contribution is 7.85. The summed E-state index contributed by atoms with van der Waals surface area (Å²) in [6, 6.07) is -1.26. The van der Waals surface area contributed by atoms with Gasteiger partial charge in [0.2, 0.25) is 5.91 Å². The summed E-state index contributed by atoms with van der Waals surface area (Å²) >= 11 is 0. The maximum absolute atomic E-state index is 12.5. The van der Waals surface area contributed by atoms with Gasteiger partial charge in [-0.05, 0) is 70.6 Å². The number of unbranched alkanes of at least 4 members (excludes halogenated alkanes) is 19. The van der Waals surface area contributed by atoms with Gasteiger partial charge in [0.15, 0.2) is 0 Å². The number of aliphatic hydroxyl groups is 2. The minimum absolute atomic E-state index is 0.255. The number of carbonyl (C=O) groups is 1. The molecule has 0 heterocycles.